The molecule has 0 aliphatic heterocycles. The first-order chi connectivity index (χ1) is 6.79. The number of aryl methyl sites for hydroxylation is 1. The number of nitrogens with zero attached hydrogens (tertiary/aromatic N) is 2. The van der Waals surface area contributed by atoms with Gasteiger partial charge in [0, 0.05) is 18.0 Å². The number of hydrogen-bond donors (Lipinski definition) is 1. The molecule has 2 N–H and O–H groups in total. The largest absolute Gasteiger partial charge is 0.320 e. The second-order valence-electron chi connectivity index (χ2n) is 3.16. The van der Waals surface area contributed by atoms with E-state index >= 15 is 0 Å². The predicted octanol–water partition coefficient (Wildman–Crippen LogP) is 1.89. The molecule has 2 rings (SSSR count). The van der Waals surface area contributed by atoms with Gasteiger partial charge in [-0.2, -0.15) is 11.3 Å². The van der Waals surface area contributed by atoms with Gasteiger partial charge in [-0.25, -0.2) is 9.97 Å². The molecule has 2 heterocycles. The summed E-state index contributed by atoms with van der Waals surface area (Å²) < 4.78 is 0. The molecule has 14 heavy (non-hydrogen) atoms. The minimum atomic E-state index is -0.109. The van der Waals surface area contributed by atoms with E-state index in [1.54, 1.807) is 23.7 Å². The van der Waals surface area contributed by atoms with Gasteiger partial charge in [0.25, 0.3) is 0 Å². The third-order valence-corrected chi connectivity index (χ3v) is 3.05. The van der Waals surface area contributed by atoms with Crippen molar-refractivity contribution in [2.75, 3.05) is 0 Å². The highest BCUT2D eigenvalue weighted by molar-refractivity contribution is 7.08. The second-order valence-corrected chi connectivity index (χ2v) is 3.90. The smallest absolute Gasteiger partial charge is 0.115 e. The zero-order valence-electron chi connectivity index (χ0n) is 7.84. The van der Waals surface area contributed by atoms with E-state index < -0.39 is 0 Å². The first-order valence-electron chi connectivity index (χ1n) is 4.32. The highest BCUT2D eigenvalue weighted by atomic mass is 32.1. The van der Waals surface area contributed by atoms with Crippen molar-refractivity contribution in [3.8, 4) is 0 Å². The van der Waals surface area contributed by atoms with Gasteiger partial charge < -0.3 is 5.73 Å². The van der Waals surface area contributed by atoms with Crippen LogP contribution in [0.15, 0.2) is 29.5 Å². The summed E-state index contributed by atoms with van der Waals surface area (Å²) in [5.74, 6) is 0. The van der Waals surface area contributed by atoms with Crippen LogP contribution < -0.4 is 5.73 Å². The monoisotopic (exact) mass is 205 g/mol. The van der Waals surface area contributed by atoms with Gasteiger partial charge in [-0.05, 0) is 28.8 Å². The maximum Gasteiger partial charge on any atom is 0.115 e. The number of nitrogens with two attached hydrogens (primary N) is 1. The van der Waals surface area contributed by atoms with Gasteiger partial charge in [0.15, 0.2) is 0 Å². The average Bonchev–Trinajstić information content (AvgIpc) is 2.65. The van der Waals surface area contributed by atoms with Crippen molar-refractivity contribution < 1.29 is 0 Å². The van der Waals surface area contributed by atoms with Crippen LogP contribution in [0.3, 0.4) is 0 Å². The van der Waals surface area contributed by atoms with Crippen molar-refractivity contribution in [2.24, 2.45) is 5.73 Å². The quantitative estimate of drug-likeness (QED) is 0.814. The van der Waals surface area contributed by atoms with E-state index in [9.17, 15) is 0 Å². The van der Waals surface area contributed by atoms with E-state index in [-0.39, 0.29) is 6.04 Å². The fraction of sp³-hybridized carbons (Fsp3) is 0.200. The Hall–Kier alpha value is -1.26. The predicted molar refractivity (Wildman–Crippen MR) is 57.1 cm³/mol. The fourth-order valence-corrected chi connectivity index (χ4v) is 2.23. The van der Waals surface area contributed by atoms with E-state index in [0.717, 1.165) is 11.1 Å². The van der Waals surface area contributed by atoms with Crippen molar-refractivity contribution in [1.29, 1.82) is 0 Å². The highest BCUT2D eigenvalue weighted by Crippen LogP contribution is 2.24. The number of thiophene rings is 1. The molecular formula is C10H11N3S. The summed E-state index contributed by atoms with van der Waals surface area (Å²) in [4.78, 5) is 7.92. The standard InChI is InChI=1S/C10H11N3S/c1-7-4-14-5-9(7)10(11)8-2-12-6-13-3-8/h2-6,10H,11H2,1H3. The molecule has 0 radical (unpaired) electrons. The Balaban J connectivity index is 2.34. The van der Waals surface area contributed by atoms with Crippen molar-refractivity contribution in [2.45, 2.75) is 13.0 Å². The number of aromatic nitrogens is 2. The van der Waals surface area contributed by atoms with Gasteiger partial charge in [-0.1, -0.05) is 0 Å². The lowest BCUT2D eigenvalue weighted by Gasteiger charge is -2.10. The third kappa shape index (κ3) is 1.66. The Morgan fingerprint density at radius 3 is 2.57 bits per heavy atom. The van der Waals surface area contributed by atoms with Crippen LogP contribution in [0.1, 0.15) is 22.7 Å². The van der Waals surface area contributed by atoms with Gasteiger partial charge in [0.1, 0.15) is 6.33 Å². The summed E-state index contributed by atoms with van der Waals surface area (Å²) in [6.45, 7) is 2.06. The Morgan fingerprint density at radius 2 is 2.00 bits per heavy atom. The lowest BCUT2D eigenvalue weighted by molar-refractivity contribution is 0.848. The minimum absolute atomic E-state index is 0.109. The SMILES string of the molecule is Cc1cscc1C(N)c1cncnc1. The average molecular weight is 205 g/mol. The normalized spacial score (nSPS) is 12.7. The molecule has 0 saturated heterocycles. The molecule has 72 valence electrons. The van der Waals surface area contributed by atoms with Crippen LogP contribution in [0.5, 0.6) is 0 Å². The molecule has 0 spiro atoms. The molecule has 0 bridgehead atoms. The summed E-state index contributed by atoms with van der Waals surface area (Å²) in [5, 5.41) is 4.17. The molecule has 0 fully saturated rings. The lowest BCUT2D eigenvalue weighted by Crippen LogP contribution is -2.12. The summed E-state index contributed by atoms with van der Waals surface area (Å²) >= 11 is 1.67. The Labute approximate surface area is 86.6 Å². The maximum atomic E-state index is 6.09. The van der Waals surface area contributed by atoms with E-state index in [2.05, 4.69) is 27.7 Å². The summed E-state index contributed by atoms with van der Waals surface area (Å²) in [6, 6.07) is -0.109. The van der Waals surface area contributed by atoms with Crippen LogP contribution in [-0.2, 0) is 0 Å². The first kappa shape index (κ1) is 9.30. The topological polar surface area (TPSA) is 51.8 Å². The molecule has 0 aromatic carbocycles. The first-order valence-corrected chi connectivity index (χ1v) is 5.26. The molecule has 3 nitrogen and oxygen atoms in total. The molecule has 0 aliphatic carbocycles. The Bertz CT molecular complexity index is 410. The Kier molecular flexibility index (Phi) is 2.56. The van der Waals surface area contributed by atoms with Gasteiger partial charge in [-0.3, -0.25) is 0 Å². The van der Waals surface area contributed by atoms with E-state index in [1.165, 1.54) is 11.9 Å². The minimum Gasteiger partial charge on any atom is -0.320 e. The molecule has 0 aliphatic rings. The van der Waals surface area contributed by atoms with E-state index in [4.69, 9.17) is 5.73 Å². The van der Waals surface area contributed by atoms with Gasteiger partial charge in [0.2, 0.25) is 0 Å². The second kappa shape index (κ2) is 3.86. The Morgan fingerprint density at radius 1 is 1.29 bits per heavy atom. The summed E-state index contributed by atoms with van der Waals surface area (Å²) in [5.41, 5.74) is 9.43. The van der Waals surface area contributed by atoms with Crippen molar-refractivity contribution in [3.63, 3.8) is 0 Å². The van der Waals surface area contributed by atoms with Crippen LogP contribution in [0.4, 0.5) is 0 Å². The van der Waals surface area contributed by atoms with Crippen molar-refractivity contribution in [3.05, 3.63) is 46.2 Å². The molecule has 2 aromatic rings. The van der Waals surface area contributed by atoms with Crippen molar-refractivity contribution >= 4 is 11.3 Å². The van der Waals surface area contributed by atoms with Crippen LogP contribution in [-0.4, -0.2) is 9.97 Å². The lowest BCUT2D eigenvalue weighted by atomic mass is 10.0. The number of hydrogen-bond acceptors (Lipinski definition) is 4. The molecule has 1 atom stereocenters. The van der Waals surface area contributed by atoms with E-state index in [0.29, 0.717) is 0 Å². The summed E-state index contributed by atoms with van der Waals surface area (Å²) in [6.07, 6.45) is 5.03. The van der Waals surface area contributed by atoms with Gasteiger partial charge in [0.05, 0.1) is 6.04 Å². The molecule has 0 saturated carbocycles. The van der Waals surface area contributed by atoms with Gasteiger partial charge >= 0.3 is 0 Å². The highest BCUT2D eigenvalue weighted by Gasteiger charge is 2.11. The van der Waals surface area contributed by atoms with Crippen LogP contribution >= 0.6 is 11.3 Å². The third-order valence-electron chi connectivity index (χ3n) is 2.17. The molecule has 1 unspecified atom stereocenters. The fourth-order valence-electron chi connectivity index (χ4n) is 1.34. The van der Waals surface area contributed by atoms with Crippen LogP contribution in [0.25, 0.3) is 0 Å². The zero-order valence-corrected chi connectivity index (χ0v) is 8.66. The van der Waals surface area contributed by atoms with Crippen LogP contribution in [0.2, 0.25) is 0 Å². The maximum absolute atomic E-state index is 6.09. The van der Waals surface area contributed by atoms with Gasteiger partial charge in [-0.15, -0.1) is 0 Å². The number of rotatable bonds is 2. The molecule has 0 amide bonds. The summed E-state index contributed by atoms with van der Waals surface area (Å²) in [7, 11) is 0. The van der Waals surface area contributed by atoms with E-state index in [1.807, 2.05) is 0 Å². The van der Waals surface area contributed by atoms with Crippen LogP contribution in [0, 0.1) is 6.92 Å². The molecule has 2 aromatic heterocycles. The van der Waals surface area contributed by atoms with Crippen molar-refractivity contribution in [1.82, 2.24) is 9.97 Å². The zero-order chi connectivity index (χ0) is 9.97. The molecule has 4 heteroatoms. The molecular weight excluding hydrogens is 194 g/mol.